The molecule has 0 radical (unpaired) electrons. The molecule has 0 aromatic heterocycles. The molecular formula is C17H27ClN2O3S2. The van der Waals surface area contributed by atoms with Crippen molar-refractivity contribution in [3.05, 3.63) is 24.3 Å². The fourth-order valence-electron chi connectivity index (χ4n) is 3.03. The second kappa shape index (κ2) is 9.80. The van der Waals surface area contributed by atoms with Gasteiger partial charge in [-0.05, 0) is 38.3 Å². The number of sulfone groups is 1. The Kier molecular flexibility index (Phi) is 8.74. The van der Waals surface area contributed by atoms with Gasteiger partial charge in [-0.1, -0.05) is 19.1 Å². The number of carbonyl (C=O) groups excluding carboxylic acids is 1. The Balaban J connectivity index is 0.00000312. The summed E-state index contributed by atoms with van der Waals surface area (Å²) in [6.45, 7) is 4.90. The molecule has 0 aliphatic carbocycles. The van der Waals surface area contributed by atoms with Crippen LogP contribution >= 0.6 is 24.2 Å². The van der Waals surface area contributed by atoms with Crippen LogP contribution < -0.4 is 5.73 Å². The molecule has 1 aromatic rings. The lowest BCUT2D eigenvalue weighted by atomic mass is 10.2. The third kappa shape index (κ3) is 5.36. The van der Waals surface area contributed by atoms with Gasteiger partial charge in [0.15, 0.2) is 9.84 Å². The monoisotopic (exact) mass is 406 g/mol. The molecule has 8 heteroatoms. The van der Waals surface area contributed by atoms with Gasteiger partial charge < -0.3 is 10.6 Å². The molecule has 2 N–H and O–H groups in total. The van der Waals surface area contributed by atoms with Crippen LogP contribution in [0.3, 0.4) is 0 Å². The van der Waals surface area contributed by atoms with Crippen molar-refractivity contribution >= 4 is 39.9 Å². The number of rotatable bonds is 7. The van der Waals surface area contributed by atoms with Gasteiger partial charge in [-0.3, -0.25) is 4.79 Å². The number of hydrogen-bond donors (Lipinski definition) is 1. The van der Waals surface area contributed by atoms with Crippen LogP contribution in [-0.4, -0.2) is 49.4 Å². The third-order valence-electron chi connectivity index (χ3n) is 4.24. The highest BCUT2D eigenvalue weighted by molar-refractivity contribution is 8.01. The largest absolute Gasteiger partial charge is 0.337 e. The van der Waals surface area contributed by atoms with E-state index in [0.717, 1.165) is 19.4 Å². The number of carbonyl (C=O) groups is 1. The van der Waals surface area contributed by atoms with Crippen LogP contribution in [0.5, 0.6) is 0 Å². The van der Waals surface area contributed by atoms with Crippen LogP contribution in [0.15, 0.2) is 34.1 Å². The number of nitrogens with two attached hydrogens (primary N) is 1. The maximum atomic E-state index is 12.7. The van der Waals surface area contributed by atoms with E-state index >= 15 is 0 Å². The Hall–Kier alpha value is -0.760. The average Bonchev–Trinajstić information content (AvgIpc) is 3.03. The quantitative estimate of drug-likeness (QED) is 0.704. The van der Waals surface area contributed by atoms with Crippen molar-refractivity contribution in [3.63, 3.8) is 0 Å². The predicted molar refractivity (Wildman–Crippen MR) is 105 cm³/mol. The van der Waals surface area contributed by atoms with Crippen LogP contribution in [0.2, 0.25) is 0 Å². The number of amides is 1. The fourth-order valence-corrected chi connectivity index (χ4v) is 5.93. The lowest BCUT2D eigenvalue weighted by molar-refractivity contribution is -0.130. The van der Waals surface area contributed by atoms with Crippen LogP contribution in [0.1, 0.15) is 33.1 Å². The number of halogens is 1. The SMILES string of the molecule is CCCS(=O)(=O)c1ccccc1SC(C)C(=O)N1CCCC1CN.Cl. The van der Waals surface area contributed by atoms with Crippen LogP contribution in [0, 0.1) is 0 Å². The van der Waals surface area contributed by atoms with Crippen molar-refractivity contribution < 1.29 is 13.2 Å². The molecule has 1 amide bonds. The molecule has 1 aliphatic rings. The molecule has 2 atom stereocenters. The summed E-state index contributed by atoms with van der Waals surface area (Å²) in [6, 6.07) is 7.05. The first-order valence-electron chi connectivity index (χ1n) is 8.39. The molecule has 25 heavy (non-hydrogen) atoms. The Labute approximate surface area is 161 Å². The minimum atomic E-state index is -3.31. The van der Waals surface area contributed by atoms with Gasteiger partial charge in [0.2, 0.25) is 5.91 Å². The van der Waals surface area contributed by atoms with Crippen molar-refractivity contribution in [1.82, 2.24) is 4.90 Å². The van der Waals surface area contributed by atoms with Gasteiger partial charge in [0.05, 0.1) is 15.9 Å². The summed E-state index contributed by atoms with van der Waals surface area (Å²) in [5, 5.41) is -0.338. The summed E-state index contributed by atoms with van der Waals surface area (Å²) in [5.41, 5.74) is 5.75. The highest BCUT2D eigenvalue weighted by Crippen LogP contribution is 2.32. The summed E-state index contributed by atoms with van der Waals surface area (Å²) in [6.07, 6.45) is 2.50. The summed E-state index contributed by atoms with van der Waals surface area (Å²) in [7, 11) is -3.31. The van der Waals surface area contributed by atoms with E-state index in [4.69, 9.17) is 5.73 Å². The van der Waals surface area contributed by atoms with Gasteiger partial charge in [-0.2, -0.15) is 0 Å². The van der Waals surface area contributed by atoms with E-state index in [9.17, 15) is 13.2 Å². The first-order chi connectivity index (χ1) is 11.4. The second-order valence-corrected chi connectivity index (χ2v) is 9.55. The zero-order chi connectivity index (χ0) is 17.7. The Bertz CT molecular complexity index is 682. The number of likely N-dealkylation sites (tertiary alicyclic amines) is 1. The zero-order valence-electron chi connectivity index (χ0n) is 14.7. The van der Waals surface area contributed by atoms with Gasteiger partial charge in [0, 0.05) is 24.0 Å². The fraction of sp³-hybridized carbons (Fsp3) is 0.588. The number of benzene rings is 1. The highest BCUT2D eigenvalue weighted by Gasteiger charge is 2.31. The van der Waals surface area contributed by atoms with Crippen molar-refractivity contribution in [3.8, 4) is 0 Å². The van der Waals surface area contributed by atoms with Crippen molar-refractivity contribution in [2.45, 2.75) is 54.2 Å². The minimum absolute atomic E-state index is 0. The summed E-state index contributed by atoms with van der Waals surface area (Å²) < 4.78 is 24.9. The first-order valence-corrected chi connectivity index (χ1v) is 10.9. The molecule has 0 saturated carbocycles. The lowest BCUT2D eigenvalue weighted by Gasteiger charge is -2.26. The first kappa shape index (κ1) is 22.3. The van der Waals surface area contributed by atoms with Gasteiger partial charge in [0.25, 0.3) is 0 Å². The summed E-state index contributed by atoms with van der Waals surface area (Å²) in [4.78, 5) is 15.5. The average molecular weight is 407 g/mol. The van der Waals surface area contributed by atoms with E-state index < -0.39 is 9.84 Å². The molecular weight excluding hydrogens is 380 g/mol. The maximum Gasteiger partial charge on any atom is 0.236 e. The molecule has 0 bridgehead atoms. The molecule has 0 spiro atoms. The van der Waals surface area contributed by atoms with Crippen molar-refractivity contribution in [2.24, 2.45) is 5.73 Å². The van der Waals surface area contributed by atoms with Crippen LogP contribution in [-0.2, 0) is 14.6 Å². The van der Waals surface area contributed by atoms with E-state index in [1.807, 2.05) is 24.8 Å². The van der Waals surface area contributed by atoms with E-state index in [0.29, 0.717) is 22.8 Å². The molecule has 1 aromatic carbocycles. The topological polar surface area (TPSA) is 80.5 Å². The van der Waals surface area contributed by atoms with Gasteiger partial charge in [-0.25, -0.2) is 8.42 Å². The molecule has 2 unspecified atom stereocenters. The van der Waals surface area contributed by atoms with E-state index in [-0.39, 0.29) is 35.4 Å². The van der Waals surface area contributed by atoms with Crippen molar-refractivity contribution in [1.29, 1.82) is 0 Å². The Morgan fingerprint density at radius 1 is 1.40 bits per heavy atom. The van der Waals surface area contributed by atoms with E-state index in [1.165, 1.54) is 11.8 Å². The normalized spacial score (nSPS) is 18.7. The van der Waals surface area contributed by atoms with Gasteiger partial charge >= 0.3 is 0 Å². The zero-order valence-corrected chi connectivity index (χ0v) is 17.1. The second-order valence-electron chi connectivity index (χ2n) is 6.09. The number of nitrogens with zero attached hydrogens (tertiary/aromatic N) is 1. The summed E-state index contributed by atoms with van der Waals surface area (Å²) >= 11 is 1.32. The lowest BCUT2D eigenvalue weighted by Crippen LogP contribution is -2.43. The maximum absolute atomic E-state index is 12.7. The van der Waals surface area contributed by atoms with E-state index in [1.54, 1.807) is 18.2 Å². The third-order valence-corrected chi connectivity index (χ3v) is 7.51. The minimum Gasteiger partial charge on any atom is -0.337 e. The summed E-state index contributed by atoms with van der Waals surface area (Å²) in [5.74, 6) is 0.157. The molecule has 5 nitrogen and oxygen atoms in total. The van der Waals surface area contributed by atoms with Crippen molar-refractivity contribution in [2.75, 3.05) is 18.8 Å². The molecule has 2 rings (SSSR count). The van der Waals surface area contributed by atoms with E-state index in [2.05, 4.69) is 0 Å². The molecule has 1 saturated heterocycles. The smallest absolute Gasteiger partial charge is 0.236 e. The highest BCUT2D eigenvalue weighted by atomic mass is 35.5. The van der Waals surface area contributed by atoms with Gasteiger partial charge in [-0.15, -0.1) is 24.2 Å². The Morgan fingerprint density at radius 3 is 2.72 bits per heavy atom. The number of thioether (sulfide) groups is 1. The van der Waals surface area contributed by atoms with Crippen LogP contribution in [0.4, 0.5) is 0 Å². The van der Waals surface area contributed by atoms with Crippen LogP contribution in [0.25, 0.3) is 0 Å². The number of hydrogen-bond acceptors (Lipinski definition) is 5. The molecule has 1 fully saturated rings. The van der Waals surface area contributed by atoms with Gasteiger partial charge in [0.1, 0.15) is 0 Å². The standard InChI is InChI=1S/C17H26N2O3S2.ClH/c1-3-11-24(21,22)16-9-5-4-8-15(16)23-13(2)17(20)19-10-6-7-14(19)12-18;/h4-5,8-9,13-14H,3,6-7,10-12,18H2,1-2H3;1H. The molecule has 1 heterocycles. The molecule has 1 aliphatic heterocycles. The Morgan fingerprint density at radius 2 is 2.08 bits per heavy atom. The predicted octanol–water partition coefficient (Wildman–Crippen LogP) is 2.72. The molecule has 142 valence electrons.